The number of hydrogen-bond donors (Lipinski definition) is 0. The summed E-state index contributed by atoms with van der Waals surface area (Å²) < 4.78 is 0. The van der Waals surface area contributed by atoms with Crippen LogP contribution in [0, 0.1) is 5.92 Å². The second kappa shape index (κ2) is 3.77. The van der Waals surface area contributed by atoms with Crippen molar-refractivity contribution in [1.82, 2.24) is 4.90 Å². The van der Waals surface area contributed by atoms with Crippen molar-refractivity contribution in [2.45, 2.75) is 19.8 Å². The zero-order valence-electron chi connectivity index (χ0n) is 6.84. The molecule has 58 valence electrons. The molecule has 0 unspecified atom stereocenters. The Bertz CT molecular complexity index is 109. The molecule has 1 aliphatic heterocycles. The van der Waals surface area contributed by atoms with Gasteiger partial charge in [-0.2, -0.15) is 0 Å². The van der Waals surface area contributed by atoms with Crippen LogP contribution in [0.1, 0.15) is 19.8 Å². The van der Waals surface area contributed by atoms with Crippen molar-refractivity contribution in [2.75, 3.05) is 19.6 Å². The van der Waals surface area contributed by atoms with Crippen LogP contribution in [0.2, 0.25) is 0 Å². The largest absolute Gasteiger partial charge is 0.299 e. The van der Waals surface area contributed by atoms with Gasteiger partial charge in [-0.3, -0.25) is 4.90 Å². The first-order valence-electron chi connectivity index (χ1n) is 4.16. The Kier molecular flexibility index (Phi) is 2.94. The average molecular weight is 139 g/mol. The van der Waals surface area contributed by atoms with E-state index in [0.29, 0.717) is 0 Å². The molecule has 0 aromatic rings. The zero-order valence-corrected chi connectivity index (χ0v) is 6.84. The van der Waals surface area contributed by atoms with Crippen molar-refractivity contribution in [3.8, 4) is 0 Å². The molecule has 0 radical (unpaired) electrons. The van der Waals surface area contributed by atoms with Crippen LogP contribution in [0.25, 0.3) is 0 Å². The number of rotatable bonds is 2. The quantitative estimate of drug-likeness (QED) is 0.528. The predicted molar refractivity (Wildman–Crippen MR) is 45.0 cm³/mol. The van der Waals surface area contributed by atoms with Crippen LogP contribution in [-0.2, 0) is 0 Å². The summed E-state index contributed by atoms with van der Waals surface area (Å²) in [5.74, 6) is 0.897. The predicted octanol–water partition coefficient (Wildman–Crippen LogP) is 1.90. The highest BCUT2D eigenvalue weighted by molar-refractivity contribution is 4.77. The molecule has 0 N–H and O–H groups in total. The minimum atomic E-state index is 0.897. The summed E-state index contributed by atoms with van der Waals surface area (Å²) in [5, 5.41) is 0. The lowest BCUT2D eigenvalue weighted by molar-refractivity contribution is 0.201. The van der Waals surface area contributed by atoms with Crippen LogP contribution < -0.4 is 0 Å². The van der Waals surface area contributed by atoms with E-state index in [2.05, 4.69) is 18.4 Å². The summed E-state index contributed by atoms with van der Waals surface area (Å²) in [6.45, 7) is 9.68. The fourth-order valence-corrected chi connectivity index (χ4v) is 1.64. The van der Waals surface area contributed by atoms with Gasteiger partial charge in [-0.25, -0.2) is 0 Å². The summed E-state index contributed by atoms with van der Waals surface area (Å²) >= 11 is 0. The van der Waals surface area contributed by atoms with Gasteiger partial charge in [0.05, 0.1) is 0 Å². The Morgan fingerprint density at radius 3 is 3.10 bits per heavy atom. The maximum absolute atomic E-state index is 3.74. The Morgan fingerprint density at radius 1 is 1.70 bits per heavy atom. The Hall–Kier alpha value is -0.300. The van der Waals surface area contributed by atoms with Crippen molar-refractivity contribution in [3.63, 3.8) is 0 Å². The lowest BCUT2D eigenvalue weighted by Gasteiger charge is -2.29. The zero-order chi connectivity index (χ0) is 7.40. The summed E-state index contributed by atoms with van der Waals surface area (Å²) in [6, 6.07) is 0. The molecule has 1 atom stereocenters. The molecule has 1 heteroatoms. The fraction of sp³-hybridized carbons (Fsp3) is 0.778. The minimum Gasteiger partial charge on any atom is -0.299 e. The molecule has 0 aliphatic carbocycles. The molecule has 0 bridgehead atoms. The summed E-state index contributed by atoms with van der Waals surface area (Å²) in [5.41, 5.74) is 0. The number of likely N-dealkylation sites (tertiary alicyclic amines) is 1. The van der Waals surface area contributed by atoms with E-state index in [1.54, 1.807) is 0 Å². The normalized spacial score (nSPS) is 28.3. The molecule has 10 heavy (non-hydrogen) atoms. The Labute approximate surface area is 63.7 Å². The molecule has 1 rings (SSSR count). The van der Waals surface area contributed by atoms with Gasteiger partial charge >= 0.3 is 0 Å². The first-order chi connectivity index (χ1) is 4.83. The van der Waals surface area contributed by atoms with Crippen molar-refractivity contribution >= 4 is 0 Å². The van der Waals surface area contributed by atoms with Crippen LogP contribution in [0.5, 0.6) is 0 Å². The molecule has 1 aliphatic rings. The van der Waals surface area contributed by atoms with Crippen LogP contribution in [-0.4, -0.2) is 24.5 Å². The lowest BCUT2D eigenvalue weighted by Crippen LogP contribution is -2.34. The second-order valence-electron chi connectivity index (χ2n) is 3.30. The molecule has 0 spiro atoms. The van der Waals surface area contributed by atoms with Gasteiger partial charge in [0.1, 0.15) is 0 Å². The van der Waals surface area contributed by atoms with Crippen molar-refractivity contribution < 1.29 is 0 Å². The molecule has 1 heterocycles. The molecular weight excluding hydrogens is 122 g/mol. The minimum absolute atomic E-state index is 0.897. The smallest absolute Gasteiger partial charge is 0.0160 e. The van der Waals surface area contributed by atoms with E-state index in [1.165, 1.54) is 25.9 Å². The van der Waals surface area contributed by atoms with Crippen LogP contribution in [0.3, 0.4) is 0 Å². The Morgan fingerprint density at radius 2 is 2.50 bits per heavy atom. The van der Waals surface area contributed by atoms with Crippen molar-refractivity contribution in [1.29, 1.82) is 0 Å². The molecule has 0 saturated carbocycles. The van der Waals surface area contributed by atoms with E-state index < -0.39 is 0 Å². The van der Waals surface area contributed by atoms with Crippen molar-refractivity contribution in [2.24, 2.45) is 5.92 Å². The average Bonchev–Trinajstić information content (AvgIpc) is 1.88. The molecular formula is C9H17N. The van der Waals surface area contributed by atoms with E-state index in [-0.39, 0.29) is 0 Å². The monoisotopic (exact) mass is 139 g/mol. The number of nitrogens with zero attached hydrogens (tertiary/aromatic N) is 1. The van der Waals surface area contributed by atoms with Gasteiger partial charge in [0.15, 0.2) is 0 Å². The maximum Gasteiger partial charge on any atom is 0.0160 e. The highest BCUT2D eigenvalue weighted by Gasteiger charge is 2.13. The summed E-state index contributed by atoms with van der Waals surface area (Å²) in [4.78, 5) is 2.47. The summed E-state index contributed by atoms with van der Waals surface area (Å²) in [6.07, 6.45) is 4.78. The van der Waals surface area contributed by atoms with Crippen LogP contribution in [0.4, 0.5) is 0 Å². The van der Waals surface area contributed by atoms with E-state index in [1.807, 2.05) is 6.08 Å². The van der Waals surface area contributed by atoms with Gasteiger partial charge in [0.25, 0.3) is 0 Å². The highest BCUT2D eigenvalue weighted by Crippen LogP contribution is 2.14. The third kappa shape index (κ3) is 2.14. The third-order valence-corrected chi connectivity index (χ3v) is 2.13. The molecule has 0 aromatic carbocycles. The standard InChI is InChI=1S/C9H17N/c1-3-6-10-7-4-5-9(2)8-10/h3,9H,1,4-8H2,2H3/t9-/m0/s1. The van der Waals surface area contributed by atoms with Gasteiger partial charge < -0.3 is 0 Å². The second-order valence-corrected chi connectivity index (χ2v) is 3.30. The van der Waals surface area contributed by atoms with E-state index in [0.717, 1.165) is 12.5 Å². The molecule has 1 nitrogen and oxygen atoms in total. The molecule has 0 aromatic heterocycles. The van der Waals surface area contributed by atoms with Gasteiger partial charge in [-0.1, -0.05) is 13.0 Å². The molecule has 1 fully saturated rings. The van der Waals surface area contributed by atoms with E-state index in [4.69, 9.17) is 0 Å². The van der Waals surface area contributed by atoms with E-state index >= 15 is 0 Å². The maximum atomic E-state index is 3.74. The van der Waals surface area contributed by atoms with E-state index in [9.17, 15) is 0 Å². The first kappa shape index (κ1) is 7.80. The number of hydrogen-bond acceptors (Lipinski definition) is 1. The fourth-order valence-electron chi connectivity index (χ4n) is 1.64. The summed E-state index contributed by atoms with van der Waals surface area (Å²) in [7, 11) is 0. The molecule has 1 saturated heterocycles. The lowest BCUT2D eigenvalue weighted by atomic mass is 10.0. The van der Waals surface area contributed by atoms with Gasteiger partial charge in [0, 0.05) is 13.1 Å². The van der Waals surface area contributed by atoms with Crippen LogP contribution >= 0.6 is 0 Å². The third-order valence-electron chi connectivity index (χ3n) is 2.13. The number of piperidine rings is 1. The van der Waals surface area contributed by atoms with Gasteiger partial charge in [-0.15, -0.1) is 6.58 Å². The van der Waals surface area contributed by atoms with Crippen LogP contribution in [0.15, 0.2) is 12.7 Å². The Balaban J connectivity index is 2.24. The highest BCUT2D eigenvalue weighted by atomic mass is 15.1. The van der Waals surface area contributed by atoms with Gasteiger partial charge in [0.2, 0.25) is 0 Å². The first-order valence-corrected chi connectivity index (χ1v) is 4.16. The molecule has 0 amide bonds. The topological polar surface area (TPSA) is 3.24 Å². The van der Waals surface area contributed by atoms with Gasteiger partial charge in [-0.05, 0) is 25.3 Å². The SMILES string of the molecule is C=CCN1CCC[C@H](C)C1. The van der Waals surface area contributed by atoms with Crippen molar-refractivity contribution in [3.05, 3.63) is 12.7 Å².